The Hall–Kier alpha value is -0.570. The molecule has 94 valence electrons. The van der Waals surface area contributed by atoms with Crippen LogP contribution >= 0.6 is 0 Å². The normalized spacial score (nSPS) is 30.6. The van der Waals surface area contributed by atoms with E-state index >= 15 is 0 Å². The van der Waals surface area contributed by atoms with Gasteiger partial charge in [0.25, 0.3) is 0 Å². The Kier molecular flexibility index (Phi) is 5.26. The lowest BCUT2D eigenvalue weighted by Crippen LogP contribution is -2.43. The zero-order valence-electron chi connectivity index (χ0n) is 10.8. The van der Waals surface area contributed by atoms with Crippen molar-refractivity contribution in [3.63, 3.8) is 0 Å². The maximum Gasteiger partial charge on any atom is 0.317 e. The molecule has 1 saturated carbocycles. The molecule has 0 aromatic rings. The van der Waals surface area contributed by atoms with Crippen molar-refractivity contribution in [2.45, 2.75) is 52.5 Å². The van der Waals surface area contributed by atoms with Gasteiger partial charge in [-0.15, -0.1) is 0 Å². The first-order valence-electron chi connectivity index (χ1n) is 6.50. The first-order chi connectivity index (χ1) is 7.54. The third-order valence-electron chi connectivity index (χ3n) is 3.94. The average molecular weight is 227 g/mol. The van der Waals surface area contributed by atoms with Crippen molar-refractivity contribution >= 4 is 5.97 Å². The van der Waals surface area contributed by atoms with Crippen molar-refractivity contribution in [2.75, 3.05) is 13.1 Å². The van der Waals surface area contributed by atoms with Gasteiger partial charge in [-0.05, 0) is 44.1 Å². The summed E-state index contributed by atoms with van der Waals surface area (Å²) in [5.41, 5.74) is 0. The first-order valence-corrected chi connectivity index (χ1v) is 6.50. The predicted molar refractivity (Wildman–Crippen MR) is 65.5 cm³/mol. The van der Waals surface area contributed by atoms with Crippen molar-refractivity contribution in [3.05, 3.63) is 0 Å². The Morgan fingerprint density at radius 3 is 2.50 bits per heavy atom. The number of hydrogen-bond acceptors (Lipinski definition) is 2. The molecule has 3 nitrogen and oxygen atoms in total. The maximum absolute atomic E-state index is 10.8. The summed E-state index contributed by atoms with van der Waals surface area (Å²) in [6, 6.07) is 0.488. The van der Waals surface area contributed by atoms with Crippen LogP contribution in [0.5, 0.6) is 0 Å². The van der Waals surface area contributed by atoms with Crippen LogP contribution in [-0.2, 0) is 4.79 Å². The van der Waals surface area contributed by atoms with E-state index in [-0.39, 0.29) is 6.54 Å². The van der Waals surface area contributed by atoms with Gasteiger partial charge < -0.3 is 5.11 Å². The summed E-state index contributed by atoms with van der Waals surface area (Å²) in [4.78, 5) is 13.0. The van der Waals surface area contributed by atoms with Gasteiger partial charge in [0.1, 0.15) is 0 Å². The predicted octanol–water partition coefficient (Wildman–Crippen LogP) is 2.61. The smallest absolute Gasteiger partial charge is 0.317 e. The lowest BCUT2D eigenvalue weighted by molar-refractivity contribution is -0.139. The fraction of sp³-hybridized carbons (Fsp3) is 0.923. The summed E-state index contributed by atoms with van der Waals surface area (Å²) in [7, 11) is 0. The van der Waals surface area contributed by atoms with E-state index in [0.717, 1.165) is 31.2 Å². The molecule has 0 aromatic carbocycles. The number of hydrogen-bond donors (Lipinski definition) is 1. The van der Waals surface area contributed by atoms with Crippen LogP contribution in [0.1, 0.15) is 46.5 Å². The van der Waals surface area contributed by atoms with Crippen molar-refractivity contribution < 1.29 is 9.90 Å². The standard InChI is InChI=1S/C13H25NO2/c1-4-7-14(9-13(15)16)12-6-5-10(2)11(3)8-12/h10-12H,4-9H2,1-3H3,(H,15,16). The Balaban J connectivity index is 2.53. The van der Waals surface area contributed by atoms with Crippen LogP contribution in [0, 0.1) is 11.8 Å². The summed E-state index contributed by atoms with van der Waals surface area (Å²) < 4.78 is 0. The monoisotopic (exact) mass is 227 g/mol. The molecular formula is C13H25NO2. The fourth-order valence-electron chi connectivity index (χ4n) is 2.70. The van der Waals surface area contributed by atoms with Gasteiger partial charge in [-0.1, -0.05) is 20.8 Å². The van der Waals surface area contributed by atoms with E-state index in [1.54, 1.807) is 0 Å². The summed E-state index contributed by atoms with van der Waals surface area (Å²) in [5.74, 6) is 0.830. The zero-order chi connectivity index (χ0) is 12.1. The summed E-state index contributed by atoms with van der Waals surface area (Å²) >= 11 is 0. The van der Waals surface area contributed by atoms with E-state index in [2.05, 4.69) is 25.7 Å². The van der Waals surface area contributed by atoms with Crippen LogP contribution in [0.2, 0.25) is 0 Å². The minimum Gasteiger partial charge on any atom is -0.480 e. The molecule has 0 heterocycles. The van der Waals surface area contributed by atoms with Crippen LogP contribution in [0.15, 0.2) is 0 Å². The molecule has 3 unspecified atom stereocenters. The summed E-state index contributed by atoms with van der Waals surface area (Å²) in [5, 5.41) is 8.92. The van der Waals surface area contributed by atoms with Crippen molar-refractivity contribution in [1.82, 2.24) is 4.90 Å². The van der Waals surface area contributed by atoms with Crippen LogP contribution in [-0.4, -0.2) is 35.1 Å². The minimum atomic E-state index is -0.695. The van der Waals surface area contributed by atoms with Gasteiger partial charge in [0.05, 0.1) is 6.54 Å². The molecule has 3 heteroatoms. The maximum atomic E-state index is 10.8. The number of carbonyl (C=O) groups is 1. The molecule has 1 rings (SSSR count). The molecule has 1 aliphatic carbocycles. The SMILES string of the molecule is CCCN(CC(=O)O)C1CCC(C)C(C)C1. The van der Waals surface area contributed by atoms with Gasteiger partial charge in [0.2, 0.25) is 0 Å². The van der Waals surface area contributed by atoms with Gasteiger partial charge in [-0.2, -0.15) is 0 Å². The van der Waals surface area contributed by atoms with E-state index in [4.69, 9.17) is 5.11 Å². The number of rotatable bonds is 5. The topological polar surface area (TPSA) is 40.5 Å². The average Bonchev–Trinajstić information content (AvgIpc) is 2.21. The Labute approximate surface area is 98.8 Å². The van der Waals surface area contributed by atoms with E-state index in [1.807, 2.05) is 0 Å². The highest BCUT2D eigenvalue weighted by Crippen LogP contribution is 2.32. The molecule has 16 heavy (non-hydrogen) atoms. The van der Waals surface area contributed by atoms with Gasteiger partial charge in [-0.3, -0.25) is 9.69 Å². The molecule has 1 N–H and O–H groups in total. The highest BCUT2D eigenvalue weighted by Gasteiger charge is 2.28. The van der Waals surface area contributed by atoms with Crippen LogP contribution in [0.4, 0.5) is 0 Å². The zero-order valence-corrected chi connectivity index (χ0v) is 10.8. The highest BCUT2D eigenvalue weighted by molar-refractivity contribution is 5.69. The number of nitrogens with zero attached hydrogens (tertiary/aromatic N) is 1. The van der Waals surface area contributed by atoms with E-state index in [0.29, 0.717) is 6.04 Å². The molecule has 1 fully saturated rings. The lowest BCUT2D eigenvalue weighted by Gasteiger charge is -2.38. The molecule has 1 aliphatic rings. The number of aliphatic carboxylic acids is 1. The Morgan fingerprint density at radius 2 is 2.00 bits per heavy atom. The highest BCUT2D eigenvalue weighted by atomic mass is 16.4. The quantitative estimate of drug-likeness (QED) is 0.785. The van der Waals surface area contributed by atoms with Crippen LogP contribution in [0.25, 0.3) is 0 Å². The van der Waals surface area contributed by atoms with E-state index in [1.165, 1.54) is 12.8 Å². The molecule has 0 aromatic heterocycles. The molecule has 0 amide bonds. The van der Waals surface area contributed by atoms with Crippen LogP contribution < -0.4 is 0 Å². The molecule has 0 aliphatic heterocycles. The third-order valence-corrected chi connectivity index (χ3v) is 3.94. The van der Waals surface area contributed by atoms with Crippen molar-refractivity contribution in [1.29, 1.82) is 0 Å². The molecular weight excluding hydrogens is 202 g/mol. The molecule has 0 spiro atoms. The minimum absolute atomic E-state index is 0.208. The first kappa shape index (κ1) is 13.5. The Morgan fingerprint density at radius 1 is 1.31 bits per heavy atom. The van der Waals surface area contributed by atoms with Crippen molar-refractivity contribution in [3.8, 4) is 0 Å². The second-order valence-corrected chi connectivity index (χ2v) is 5.29. The lowest BCUT2D eigenvalue weighted by atomic mass is 9.78. The van der Waals surface area contributed by atoms with Gasteiger partial charge >= 0.3 is 5.97 Å². The summed E-state index contributed by atoms with van der Waals surface area (Å²) in [6.45, 7) is 7.84. The molecule has 0 saturated heterocycles. The third kappa shape index (κ3) is 3.78. The van der Waals surface area contributed by atoms with Gasteiger partial charge in [0.15, 0.2) is 0 Å². The second-order valence-electron chi connectivity index (χ2n) is 5.29. The molecule has 0 bridgehead atoms. The largest absolute Gasteiger partial charge is 0.480 e. The number of carboxylic acids is 1. The van der Waals surface area contributed by atoms with Gasteiger partial charge in [0, 0.05) is 6.04 Å². The van der Waals surface area contributed by atoms with E-state index in [9.17, 15) is 4.79 Å². The van der Waals surface area contributed by atoms with Crippen molar-refractivity contribution in [2.24, 2.45) is 11.8 Å². The second kappa shape index (κ2) is 6.24. The van der Waals surface area contributed by atoms with Gasteiger partial charge in [-0.25, -0.2) is 0 Å². The summed E-state index contributed by atoms with van der Waals surface area (Å²) in [6.07, 6.45) is 4.60. The van der Waals surface area contributed by atoms with Crippen LogP contribution in [0.3, 0.4) is 0 Å². The fourth-order valence-corrected chi connectivity index (χ4v) is 2.70. The van der Waals surface area contributed by atoms with E-state index < -0.39 is 5.97 Å². The number of carboxylic acid groups (broad SMARTS) is 1. The molecule has 3 atom stereocenters. The Bertz CT molecular complexity index is 230. The molecule has 0 radical (unpaired) electrons.